The zero-order valence-electron chi connectivity index (χ0n) is 36.8. The van der Waals surface area contributed by atoms with E-state index in [1.165, 1.54) is 99.7 Å². The fourth-order valence-electron chi connectivity index (χ4n) is 12.3. The molecule has 14 rings (SSSR count). The molecule has 2 heteroatoms. The number of hydrogen-bond acceptors (Lipinski definition) is 1. The highest BCUT2D eigenvalue weighted by molar-refractivity contribution is 6.09. The monoisotopic (exact) mass is 840 g/mol. The molecule has 0 saturated heterocycles. The van der Waals surface area contributed by atoms with Gasteiger partial charge < -0.3 is 9.47 Å². The van der Waals surface area contributed by atoms with Crippen molar-refractivity contribution in [1.29, 1.82) is 0 Å². The van der Waals surface area contributed by atoms with Crippen molar-refractivity contribution in [2.45, 2.75) is 24.7 Å². The fraction of sp³-hybridized carbons (Fsp3) is 0.0625. The molecule has 2 nitrogen and oxygen atoms in total. The Morgan fingerprint density at radius 3 is 1.32 bits per heavy atom. The van der Waals surface area contributed by atoms with Crippen molar-refractivity contribution in [3.05, 3.63) is 264 Å². The van der Waals surface area contributed by atoms with Crippen LogP contribution in [0.2, 0.25) is 0 Å². The van der Waals surface area contributed by atoms with Gasteiger partial charge in [0.2, 0.25) is 0 Å². The van der Waals surface area contributed by atoms with Gasteiger partial charge in [-0.05, 0) is 139 Å². The van der Waals surface area contributed by atoms with Crippen molar-refractivity contribution < 1.29 is 0 Å². The molecule has 3 aliphatic rings. The van der Waals surface area contributed by atoms with E-state index in [1.54, 1.807) is 0 Å². The van der Waals surface area contributed by atoms with Crippen LogP contribution in [0.4, 0.5) is 17.1 Å². The van der Waals surface area contributed by atoms with Gasteiger partial charge in [0.25, 0.3) is 0 Å². The van der Waals surface area contributed by atoms with Crippen LogP contribution in [-0.2, 0) is 10.8 Å². The summed E-state index contributed by atoms with van der Waals surface area (Å²) >= 11 is 0. The molecule has 0 radical (unpaired) electrons. The van der Waals surface area contributed by atoms with Crippen LogP contribution in [0.15, 0.2) is 231 Å². The zero-order chi connectivity index (χ0) is 43.7. The molecule has 310 valence electrons. The summed E-state index contributed by atoms with van der Waals surface area (Å²) < 4.78 is 2.38. The van der Waals surface area contributed by atoms with Gasteiger partial charge >= 0.3 is 0 Å². The first-order chi connectivity index (χ1) is 32.5. The van der Waals surface area contributed by atoms with Crippen LogP contribution >= 0.6 is 0 Å². The van der Waals surface area contributed by atoms with Gasteiger partial charge in [0.15, 0.2) is 0 Å². The number of aromatic nitrogens is 1. The summed E-state index contributed by atoms with van der Waals surface area (Å²) in [5.74, 6) is 0. The standard InChI is InChI=1S/C64H44N2/c1-63(2)55-21-9-3-15-47(55)51-37-35-46(40-60(51)63)65(43-31-27-41(28-32-43)42-29-33-44(34-30-42)66-61-25-13-7-19-52(61)53-20-8-14-26-62(53)66)45-36-38-59-54(39-45)50-18-6-12-24-58(50)64(59)56-22-10-4-16-48(56)49-17-5-11-23-57(49)64/h3-40H,1-2H3. The third kappa shape index (κ3) is 4.96. The molecule has 0 N–H and O–H groups in total. The summed E-state index contributed by atoms with van der Waals surface area (Å²) in [5.41, 5.74) is 24.9. The number of rotatable bonds is 5. The van der Waals surface area contributed by atoms with Crippen molar-refractivity contribution in [3.63, 3.8) is 0 Å². The Morgan fingerprint density at radius 2 is 0.727 bits per heavy atom. The van der Waals surface area contributed by atoms with E-state index in [-0.39, 0.29) is 10.8 Å². The summed E-state index contributed by atoms with van der Waals surface area (Å²) in [5, 5.41) is 2.55. The lowest BCUT2D eigenvalue weighted by molar-refractivity contribution is 0.660. The maximum Gasteiger partial charge on any atom is 0.0725 e. The Labute approximate surface area is 385 Å². The maximum absolute atomic E-state index is 2.47. The molecule has 10 aromatic carbocycles. The lowest BCUT2D eigenvalue weighted by Gasteiger charge is -2.31. The Kier molecular flexibility index (Phi) is 7.70. The van der Waals surface area contributed by atoms with Crippen LogP contribution in [-0.4, -0.2) is 4.57 Å². The van der Waals surface area contributed by atoms with Crippen molar-refractivity contribution in [2.75, 3.05) is 4.90 Å². The lowest BCUT2D eigenvalue weighted by Crippen LogP contribution is -2.25. The van der Waals surface area contributed by atoms with Crippen LogP contribution < -0.4 is 4.90 Å². The number of benzene rings is 10. The minimum atomic E-state index is -0.384. The Morgan fingerprint density at radius 1 is 0.318 bits per heavy atom. The van der Waals surface area contributed by atoms with Gasteiger partial charge in [0.1, 0.15) is 0 Å². The van der Waals surface area contributed by atoms with Gasteiger partial charge in [-0.3, -0.25) is 0 Å². The molecule has 11 aromatic rings. The highest BCUT2D eigenvalue weighted by atomic mass is 15.1. The van der Waals surface area contributed by atoms with Crippen molar-refractivity contribution in [3.8, 4) is 50.2 Å². The molecular formula is C64H44N2. The molecule has 0 unspecified atom stereocenters. The van der Waals surface area contributed by atoms with Crippen molar-refractivity contribution >= 4 is 38.9 Å². The van der Waals surface area contributed by atoms with Gasteiger partial charge in [0.05, 0.1) is 16.4 Å². The Balaban J connectivity index is 0.909. The quantitative estimate of drug-likeness (QED) is 0.168. The van der Waals surface area contributed by atoms with E-state index in [0.29, 0.717) is 0 Å². The van der Waals surface area contributed by atoms with E-state index in [0.717, 1.165) is 22.7 Å². The molecule has 1 spiro atoms. The number of para-hydroxylation sites is 2. The molecular weight excluding hydrogens is 797 g/mol. The fourth-order valence-corrected chi connectivity index (χ4v) is 12.3. The number of nitrogens with zero attached hydrogens (tertiary/aromatic N) is 2. The first-order valence-corrected chi connectivity index (χ1v) is 23.2. The van der Waals surface area contributed by atoms with Crippen LogP contribution in [0.1, 0.15) is 47.2 Å². The van der Waals surface area contributed by atoms with Gasteiger partial charge in [-0.2, -0.15) is 0 Å². The second kappa shape index (κ2) is 13.7. The van der Waals surface area contributed by atoms with Gasteiger partial charge in [-0.1, -0.05) is 184 Å². The Bertz CT molecular complexity index is 3690. The minimum Gasteiger partial charge on any atom is -0.310 e. The molecule has 66 heavy (non-hydrogen) atoms. The molecule has 1 heterocycles. The largest absolute Gasteiger partial charge is 0.310 e. The SMILES string of the molecule is CC1(C)c2ccccc2-c2ccc(N(c3ccc(-c4ccc(-n5c6ccccc6c6ccccc65)cc4)cc3)c3ccc4c(c3)-c3ccccc3C43c4ccccc4-c4ccccc43)cc21. The average Bonchev–Trinajstić information content (AvgIpc) is 4.05. The first kappa shape index (κ1) is 37.2. The average molecular weight is 841 g/mol. The minimum absolute atomic E-state index is 0.130. The number of fused-ring (bicyclic) bond motifs is 16. The lowest BCUT2D eigenvalue weighted by atomic mass is 9.70. The van der Waals surface area contributed by atoms with Crippen LogP contribution in [0.5, 0.6) is 0 Å². The van der Waals surface area contributed by atoms with E-state index in [4.69, 9.17) is 0 Å². The van der Waals surface area contributed by atoms with Gasteiger partial charge in [-0.15, -0.1) is 0 Å². The summed E-state index contributed by atoms with van der Waals surface area (Å²) in [6.07, 6.45) is 0. The number of hydrogen-bond donors (Lipinski definition) is 0. The normalized spacial score (nSPS) is 14.2. The molecule has 0 fully saturated rings. The van der Waals surface area contributed by atoms with E-state index in [9.17, 15) is 0 Å². The van der Waals surface area contributed by atoms with E-state index in [2.05, 4.69) is 254 Å². The van der Waals surface area contributed by atoms with Crippen molar-refractivity contribution in [2.24, 2.45) is 0 Å². The third-order valence-corrected chi connectivity index (χ3v) is 15.2. The van der Waals surface area contributed by atoms with Crippen molar-refractivity contribution in [1.82, 2.24) is 4.57 Å². The summed E-state index contributed by atoms with van der Waals surface area (Å²) in [6, 6.07) is 86.1. The molecule has 0 saturated carbocycles. The van der Waals surface area contributed by atoms with E-state index < -0.39 is 0 Å². The predicted octanol–water partition coefficient (Wildman–Crippen LogP) is 16.6. The molecule has 0 atom stereocenters. The summed E-state index contributed by atoms with van der Waals surface area (Å²) in [7, 11) is 0. The molecule has 3 aliphatic carbocycles. The van der Waals surface area contributed by atoms with Crippen LogP contribution in [0.25, 0.3) is 72.0 Å². The zero-order valence-corrected chi connectivity index (χ0v) is 36.8. The van der Waals surface area contributed by atoms with Gasteiger partial charge in [-0.25, -0.2) is 0 Å². The summed E-state index contributed by atoms with van der Waals surface area (Å²) in [4.78, 5) is 2.47. The topological polar surface area (TPSA) is 8.17 Å². The van der Waals surface area contributed by atoms with Crippen LogP contribution in [0.3, 0.4) is 0 Å². The smallest absolute Gasteiger partial charge is 0.0725 e. The molecule has 1 aromatic heterocycles. The second-order valence-corrected chi connectivity index (χ2v) is 18.8. The molecule has 0 aliphatic heterocycles. The Hall–Kier alpha value is -8.20. The second-order valence-electron chi connectivity index (χ2n) is 18.8. The predicted molar refractivity (Wildman–Crippen MR) is 275 cm³/mol. The summed E-state index contributed by atoms with van der Waals surface area (Å²) in [6.45, 7) is 4.74. The van der Waals surface area contributed by atoms with E-state index in [1.807, 2.05) is 0 Å². The van der Waals surface area contributed by atoms with E-state index >= 15 is 0 Å². The van der Waals surface area contributed by atoms with Gasteiger partial charge in [0, 0.05) is 38.9 Å². The highest BCUT2D eigenvalue weighted by Crippen LogP contribution is 2.63. The highest BCUT2D eigenvalue weighted by Gasteiger charge is 2.51. The first-order valence-electron chi connectivity index (χ1n) is 23.2. The maximum atomic E-state index is 2.47. The molecule has 0 bridgehead atoms. The van der Waals surface area contributed by atoms with Crippen LogP contribution in [0, 0.1) is 0 Å². The third-order valence-electron chi connectivity index (χ3n) is 15.2. The number of anilines is 3. The molecule has 0 amide bonds.